The van der Waals surface area contributed by atoms with Crippen LogP contribution in [0.1, 0.15) is 34.6 Å². The van der Waals surface area contributed by atoms with Gasteiger partial charge in [-0.05, 0) is 34.6 Å². The molecule has 0 bridgehead atoms. The molecular weight excluding hydrogens is 212 g/mol. The molecule has 0 saturated carbocycles. The molecule has 0 aromatic carbocycles. The molecule has 98 valence electrons. The molecular formula is C13H26N4. The topological polar surface area (TPSA) is 30.5 Å². The summed E-state index contributed by atoms with van der Waals surface area (Å²) >= 11 is 0. The Hall–Kier alpha value is -1.06. The average Bonchev–Trinajstić information content (AvgIpc) is 2.26. The highest BCUT2D eigenvalue weighted by atomic mass is 15.4. The number of nitrogens with one attached hydrogen (secondary N) is 2. The van der Waals surface area contributed by atoms with Gasteiger partial charge < -0.3 is 20.4 Å². The summed E-state index contributed by atoms with van der Waals surface area (Å²) in [4.78, 5) is 5.02. The Morgan fingerprint density at radius 2 is 1.65 bits per heavy atom. The van der Waals surface area contributed by atoms with E-state index in [2.05, 4.69) is 55.1 Å². The van der Waals surface area contributed by atoms with Crippen molar-refractivity contribution in [2.75, 3.05) is 26.2 Å². The largest absolute Gasteiger partial charge is 0.367 e. The normalized spacial score (nSPS) is 21.3. The second kappa shape index (κ2) is 4.31. The molecule has 4 heteroatoms. The Labute approximate surface area is 105 Å². The molecule has 2 aliphatic rings. The average molecular weight is 238 g/mol. The van der Waals surface area contributed by atoms with E-state index >= 15 is 0 Å². The van der Waals surface area contributed by atoms with Crippen LogP contribution in [0.5, 0.6) is 0 Å². The molecule has 0 spiro atoms. The van der Waals surface area contributed by atoms with E-state index in [4.69, 9.17) is 0 Å². The van der Waals surface area contributed by atoms with Gasteiger partial charge in [-0.2, -0.15) is 0 Å². The van der Waals surface area contributed by atoms with Crippen molar-refractivity contribution in [3.63, 3.8) is 0 Å². The lowest BCUT2D eigenvalue weighted by Crippen LogP contribution is -2.59. The van der Waals surface area contributed by atoms with E-state index in [9.17, 15) is 0 Å². The summed E-state index contributed by atoms with van der Waals surface area (Å²) in [6, 6.07) is 0.548. The predicted octanol–water partition coefficient (Wildman–Crippen LogP) is 1.13. The molecule has 2 aliphatic heterocycles. The number of hydrogen-bond acceptors (Lipinski definition) is 4. The van der Waals surface area contributed by atoms with E-state index in [1.165, 1.54) is 11.6 Å². The van der Waals surface area contributed by atoms with Gasteiger partial charge in [0, 0.05) is 37.8 Å². The molecule has 17 heavy (non-hydrogen) atoms. The Balaban J connectivity index is 2.36. The highest BCUT2D eigenvalue weighted by Crippen LogP contribution is 2.28. The van der Waals surface area contributed by atoms with E-state index < -0.39 is 0 Å². The van der Waals surface area contributed by atoms with Crippen LogP contribution in [0.4, 0.5) is 0 Å². The molecule has 2 N–H and O–H groups in total. The summed E-state index contributed by atoms with van der Waals surface area (Å²) in [6.07, 6.45) is 0. The van der Waals surface area contributed by atoms with E-state index in [-0.39, 0.29) is 5.54 Å². The predicted molar refractivity (Wildman–Crippen MR) is 71.3 cm³/mol. The van der Waals surface area contributed by atoms with Crippen LogP contribution in [0.15, 0.2) is 11.6 Å². The minimum absolute atomic E-state index is 0.175. The maximum atomic E-state index is 3.49. The first-order valence-corrected chi connectivity index (χ1v) is 6.67. The van der Waals surface area contributed by atoms with Gasteiger partial charge in [-0.15, -0.1) is 0 Å². The summed E-state index contributed by atoms with van der Waals surface area (Å²) in [5.41, 5.74) is 0.175. The van der Waals surface area contributed by atoms with Crippen molar-refractivity contribution in [2.24, 2.45) is 0 Å². The van der Waals surface area contributed by atoms with Crippen LogP contribution in [0.3, 0.4) is 0 Å². The van der Waals surface area contributed by atoms with Gasteiger partial charge >= 0.3 is 0 Å². The Morgan fingerprint density at radius 3 is 2.18 bits per heavy atom. The summed E-state index contributed by atoms with van der Waals surface area (Å²) in [5, 5.41) is 6.99. The molecule has 0 atom stereocenters. The van der Waals surface area contributed by atoms with Gasteiger partial charge in [0.15, 0.2) is 0 Å². The molecule has 0 aliphatic carbocycles. The third-order valence-corrected chi connectivity index (χ3v) is 3.48. The van der Waals surface area contributed by atoms with Gasteiger partial charge in [-0.1, -0.05) is 0 Å². The zero-order valence-electron chi connectivity index (χ0n) is 11.8. The van der Waals surface area contributed by atoms with Crippen molar-refractivity contribution in [2.45, 2.75) is 46.2 Å². The number of nitrogens with zero attached hydrogens (tertiary/aromatic N) is 2. The fourth-order valence-corrected chi connectivity index (χ4v) is 2.62. The Kier molecular flexibility index (Phi) is 3.15. The number of hydrogen-bond donors (Lipinski definition) is 2. The van der Waals surface area contributed by atoms with Crippen molar-refractivity contribution >= 4 is 0 Å². The smallest absolute Gasteiger partial charge is 0.146 e. The molecule has 0 saturated heterocycles. The van der Waals surface area contributed by atoms with Crippen molar-refractivity contribution in [3.05, 3.63) is 11.6 Å². The molecule has 0 unspecified atom stereocenters. The molecule has 0 amide bonds. The first kappa shape index (κ1) is 12.4. The molecule has 0 aromatic heterocycles. The van der Waals surface area contributed by atoms with Gasteiger partial charge in [0.2, 0.25) is 0 Å². The Bertz CT molecular complexity index is 310. The van der Waals surface area contributed by atoms with Crippen LogP contribution >= 0.6 is 0 Å². The van der Waals surface area contributed by atoms with Crippen molar-refractivity contribution < 1.29 is 0 Å². The van der Waals surface area contributed by atoms with Gasteiger partial charge in [0.1, 0.15) is 11.6 Å². The second-order valence-corrected chi connectivity index (χ2v) is 6.16. The summed E-state index contributed by atoms with van der Waals surface area (Å²) < 4.78 is 0. The van der Waals surface area contributed by atoms with Crippen molar-refractivity contribution in [1.29, 1.82) is 0 Å². The zero-order chi connectivity index (χ0) is 12.6. The maximum absolute atomic E-state index is 3.49. The third-order valence-electron chi connectivity index (χ3n) is 3.48. The zero-order valence-corrected chi connectivity index (χ0v) is 11.8. The summed E-state index contributed by atoms with van der Waals surface area (Å²) in [5.74, 6) is 2.57. The van der Waals surface area contributed by atoms with Crippen LogP contribution in [0, 0.1) is 0 Å². The quantitative estimate of drug-likeness (QED) is 0.717. The minimum atomic E-state index is 0.175. The standard InChI is InChI=1S/C13H26N4/c1-10(2)16-8-6-14-11-12(16)17(9-7-15-11)13(3,4)5/h10,14-15H,6-9H2,1-5H3. The highest BCUT2D eigenvalue weighted by Gasteiger charge is 2.34. The van der Waals surface area contributed by atoms with E-state index in [1.54, 1.807) is 0 Å². The van der Waals surface area contributed by atoms with Crippen LogP contribution in [0.25, 0.3) is 0 Å². The SMILES string of the molecule is CC(C)N1CCNC2=C1N(C(C)(C)C)CCN2. The van der Waals surface area contributed by atoms with Crippen LogP contribution in [-0.4, -0.2) is 47.6 Å². The summed E-state index contributed by atoms with van der Waals surface area (Å²) in [7, 11) is 0. The van der Waals surface area contributed by atoms with E-state index in [1.807, 2.05) is 0 Å². The third kappa shape index (κ3) is 2.31. The fraction of sp³-hybridized carbons (Fsp3) is 0.846. The minimum Gasteiger partial charge on any atom is -0.367 e. The van der Waals surface area contributed by atoms with Crippen molar-refractivity contribution in [1.82, 2.24) is 20.4 Å². The van der Waals surface area contributed by atoms with Crippen LogP contribution in [-0.2, 0) is 0 Å². The molecule has 0 fully saturated rings. The Morgan fingerprint density at radius 1 is 1.06 bits per heavy atom. The maximum Gasteiger partial charge on any atom is 0.146 e. The van der Waals surface area contributed by atoms with Gasteiger partial charge in [0.25, 0.3) is 0 Å². The second-order valence-electron chi connectivity index (χ2n) is 6.16. The fourth-order valence-electron chi connectivity index (χ4n) is 2.62. The molecule has 2 heterocycles. The highest BCUT2D eigenvalue weighted by molar-refractivity contribution is 5.18. The van der Waals surface area contributed by atoms with Gasteiger partial charge in [-0.25, -0.2) is 0 Å². The molecule has 4 nitrogen and oxygen atoms in total. The molecule has 0 aromatic rings. The van der Waals surface area contributed by atoms with Crippen molar-refractivity contribution in [3.8, 4) is 0 Å². The monoisotopic (exact) mass is 238 g/mol. The van der Waals surface area contributed by atoms with E-state index in [0.717, 1.165) is 26.2 Å². The van der Waals surface area contributed by atoms with Gasteiger partial charge in [0.05, 0.1) is 0 Å². The number of rotatable bonds is 1. The van der Waals surface area contributed by atoms with Crippen LogP contribution in [0.2, 0.25) is 0 Å². The lowest BCUT2D eigenvalue weighted by Gasteiger charge is -2.50. The molecule has 0 radical (unpaired) electrons. The molecule has 2 rings (SSSR count). The lowest BCUT2D eigenvalue weighted by molar-refractivity contribution is 0.0812. The lowest BCUT2D eigenvalue weighted by atomic mass is 10.0. The van der Waals surface area contributed by atoms with E-state index in [0.29, 0.717) is 6.04 Å². The first-order chi connectivity index (χ1) is 7.91. The van der Waals surface area contributed by atoms with Crippen LogP contribution < -0.4 is 10.6 Å². The summed E-state index contributed by atoms with van der Waals surface area (Å²) in [6.45, 7) is 15.6. The van der Waals surface area contributed by atoms with Gasteiger partial charge in [-0.3, -0.25) is 0 Å². The first-order valence-electron chi connectivity index (χ1n) is 6.67.